The number of carbonyl (C=O) groups is 1. The summed E-state index contributed by atoms with van der Waals surface area (Å²) in [6.45, 7) is 3.49. The fourth-order valence-electron chi connectivity index (χ4n) is 1.50. The van der Waals surface area contributed by atoms with Gasteiger partial charge in [0.05, 0.1) is 17.9 Å². The Kier molecular flexibility index (Phi) is 9.03. The summed E-state index contributed by atoms with van der Waals surface area (Å²) < 4.78 is 5.02. The normalized spacial score (nSPS) is 13.9. The van der Waals surface area contributed by atoms with E-state index in [1.807, 2.05) is 6.07 Å². The third-order valence-corrected chi connectivity index (χ3v) is 2.85. The number of carbonyl (C=O) groups excluding carboxylic acids is 1. The number of nitrogens with zero attached hydrogens (tertiary/aromatic N) is 1. The summed E-state index contributed by atoms with van der Waals surface area (Å²) in [5.74, 6) is -0.376. The van der Waals surface area contributed by atoms with Crippen LogP contribution in [-0.2, 0) is 9.53 Å². The highest BCUT2D eigenvalue weighted by atomic mass is 35.5. The minimum atomic E-state index is -0.467. The zero-order valence-corrected chi connectivity index (χ0v) is 10.8. The summed E-state index contributed by atoms with van der Waals surface area (Å²) in [5, 5.41) is 8.36. The first-order chi connectivity index (χ1) is 7.61. The molecule has 2 unspecified atom stereocenters. The van der Waals surface area contributed by atoms with Gasteiger partial charge in [0, 0.05) is 6.92 Å². The molecule has 0 amide bonds. The van der Waals surface area contributed by atoms with Crippen molar-refractivity contribution in [3.05, 3.63) is 0 Å². The smallest absolute Gasteiger partial charge is 0.302 e. The molecule has 0 saturated carbocycles. The lowest BCUT2D eigenvalue weighted by atomic mass is 10.1. The van der Waals surface area contributed by atoms with E-state index >= 15 is 0 Å². The molecule has 0 saturated heterocycles. The Hall–Kier alpha value is -0.750. The average Bonchev–Trinajstić information content (AvgIpc) is 2.23. The molecule has 16 heavy (non-hydrogen) atoms. The lowest BCUT2D eigenvalue weighted by Crippen LogP contribution is -2.26. The van der Waals surface area contributed by atoms with Crippen molar-refractivity contribution in [1.82, 2.24) is 0 Å². The van der Waals surface area contributed by atoms with E-state index in [2.05, 4.69) is 6.92 Å². The number of halogens is 1. The summed E-state index contributed by atoms with van der Waals surface area (Å²) in [6.07, 6.45) is 5.02. The van der Waals surface area contributed by atoms with Crippen molar-refractivity contribution in [2.24, 2.45) is 0 Å². The van der Waals surface area contributed by atoms with Gasteiger partial charge in [-0.15, -0.1) is 11.6 Å². The van der Waals surface area contributed by atoms with Gasteiger partial charge in [0.1, 0.15) is 6.10 Å². The molecule has 0 aromatic heterocycles. The number of hydrogen-bond acceptors (Lipinski definition) is 3. The van der Waals surface area contributed by atoms with Crippen molar-refractivity contribution >= 4 is 17.6 Å². The Bertz CT molecular complexity index is 238. The molecule has 3 nitrogen and oxygen atoms in total. The predicted molar refractivity (Wildman–Crippen MR) is 64.2 cm³/mol. The fraction of sp³-hybridized carbons (Fsp3) is 0.833. The van der Waals surface area contributed by atoms with Crippen LogP contribution < -0.4 is 0 Å². The SMILES string of the molecule is CCCCCCC(Cl)C(CC#N)OC(C)=O. The van der Waals surface area contributed by atoms with E-state index in [1.165, 1.54) is 19.8 Å². The predicted octanol–water partition coefficient (Wildman–Crippen LogP) is 3.41. The highest BCUT2D eigenvalue weighted by Gasteiger charge is 2.21. The molecule has 0 aliphatic carbocycles. The van der Waals surface area contributed by atoms with E-state index in [0.717, 1.165) is 19.3 Å². The molecule has 0 heterocycles. The molecule has 0 bridgehead atoms. The van der Waals surface area contributed by atoms with Gasteiger partial charge in [-0.2, -0.15) is 5.26 Å². The second-order valence-electron chi connectivity index (χ2n) is 3.88. The molecule has 0 fully saturated rings. The van der Waals surface area contributed by atoms with Crippen LogP contribution in [0.2, 0.25) is 0 Å². The van der Waals surface area contributed by atoms with E-state index in [9.17, 15) is 4.79 Å². The second kappa shape index (κ2) is 9.47. The number of ether oxygens (including phenoxy) is 1. The highest BCUT2D eigenvalue weighted by molar-refractivity contribution is 6.21. The Labute approximate surface area is 103 Å². The molecule has 0 radical (unpaired) electrons. The minimum Gasteiger partial charge on any atom is -0.460 e. The molecular weight excluding hydrogens is 226 g/mol. The number of nitriles is 1. The number of rotatable bonds is 8. The maximum atomic E-state index is 10.8. The summed E-state index contributed by atoms with van der Waals surface area (Å²) in [4.78, 5) is 10.8. The van der Waals surface area contributed by atoms with Crippen LogP contribution in [0.5, 0.6) is 0 Å². The number of unbranched alkanes of at least 4 members (excludes halogenated alkanes) is 3. The van der Waals surface area contributed by atoms with Gasteiger partial charge in [-0.05, 0) is 6.42 Å². The first-order valence-corrected chi connectivity index (χ1v) is 6.23. The van der Waals surface area contributed by atoms with Gasteiger partial charge in [-0.25, -0.2) is 0 Å². The number of hydrogen-bond donors (Lipinski definition) is 0. The molecule has 0 aliphatic rings. The van der Waals surface area contributed by atoms with Crippen LogP contribution in [0.1, 0.15) is 52.4 Å². The molecule has 2 atom stereocenters. The zero-order valence-electron chi connectivity index (χ0n) is 10.0. The maximum absolute atomic E-state index is 10.8. The maximum Gasteiger partial charge on any atom is 0.302 e. The van der Waals surface area contributed by atoms with Gasteiger partial charge in [0.15, 0.2) is 0 Å². The van der Waals surface area contributed by atoms with E-state index < -0.39 is 6.10 Å². The van der Waals surface area contributed by atoms with Crippen LogP contribution in [0.4, 0.5) is 0 Å². The third kappa shape index (κ3) is 7.53. The molecular formula is C12H20ClNO2. The standard InChI is InChI=1S/C12H20ClNO2/c1-3-4-5-6-7-11(13)12(8-9-14)16-10(2)15/h11-12H,3-8H2,1-2H3. The molecule has 4 heteroatoms. The topological polar surface area (TPSA) is 50.1 Å². The fourth-order valence-corrected chi connectivity index (χ4v) is 1.79. The first kappa shape index (κ1) is 15.2. The van der Waals surface area contributed by atoms with Gasteiger partial charge in [0.2, 0.25) is 0 Å². The number of alkyl halides is 1. The highest BCUT2D eigenvalue weighted by Crippen LogP contribution is 2.18. The third-order valence-electron chi connectivity index (χ3n) is 2.35. The van der Waals surface area contributed by atoms with Crippen LogP contribution in [-0.4, -0.2) is 17.5 Å². The van der Waals surface area contributed by atoms with E-state index in [0.29, 0.717) is 0 Å². The lowest BCUT2D eigenvalue weighted by molar-refractivity contribution is -0.146. The van der Waals surface area contributed by atoms with Crippen LogP contribution in [0, 0.1) is 11.3 Å². The van der Waals surface area contributed by atoms with Gasteiger partial charge in [-0.3, -0.25) is 4.79 Å². The Morgan fingerprint density at radius 3 is 2.62 bits per heavy atom. The Morgan fingerprint density at radius 1 is 1.44 bits per heavy atom. The van der Waals surface area contributed by atoms with Gasteiger partial charge in [-0.1, -0.05) is 32.6 Å². The molecule has 0 aromatic carbocycles. The monoisotopic (exact) mass is 245 g/mol. The minimum absolute atomic E-state index is 0.168. The van der Waals surface area contributed by atoms with Crippen molar-refractivity contribution in [1.29, 1.82) is 5.26 Å². The van der Waals surface area contributed by atoms with Crippen LogP contribution in [0.15, 0.2) is 0 Å². The largest absolute Gasteiger partial charge is 0.460 e. The number of esters is 1. The molecule has 0 aliphatic heterocycles. The van der Waals surface area contributed by atoms with Gasteiger partial charge >= 0.3 is 5.97 Å². The summed E-state index contributed by atoms with van der Waals surface area (Å²) >= 11 is 6.12. The Balaban J connectivity index is 3.92. The molecule has 0 spiro atoms. The van der Waals surface area contributed by atoms with Crippen molar-refractivity contribution < 1.29 is 9.53 Å². The Morgan fingerprint density at radius 2 is 2.12 bits per heavy atom. The summed E-state index contributed by atoms with van der Waals surface area (Å²) in [5.41, 5.74) is 0. The lowest BCUT2D eigenvalue weighted by Gasteiger charge is -2.19. The molecule has 0 aromatic rings. The van der Waals surface area contributed by atoms with E-state index in [1.54, 1.807) is 0 Å². The molecule has 0 N–H and O–H groups in total. The molecule has 92 valence electrons. The van der Waals surface area contributed by atoms with Crippen LogP contribution >= 0.6 is 11.6 Å². The van der Waals surface area contributed by atoms with Crippen molar-refractivity contribution in [3.63, 3.8) is 0 Å². The van der Waals surface area contributed by atoms with Crippen molar-refractivity contribution in [2.75, 3.05) is 0 Å². The van der Waals surface area contributed by atoms with Crippen LogP contribution in [0.25, 0.3) is 0 Å². The molecule has 0 rings (SSSR count). The van der Waals surface area contributed by atoms with Gasteiger partial charge in [0.25, 0.3) is 0 Å². The summed E-state index contributed by atoms with van der Waals surface area (Å²) in [6, 6.07) is 1.99. The second-order valence-corrected chi connectivity index (χ2v) is 4.44. The van der Waals surface area contributed by atoms with Gasteiger partial charge < -0.3 is 4.74 Å². The van der Waals surface area contributed by atoms with E-state index in [4.69, 9.17) is 21.6 Å². The first-order valence-electron chi connectivity index (χ1n) is 5.80. The van der Waals surface area contributed by atoms with Crippen LogP contribution in [0.3, 0.4) is 0 Å². The quantitative estimate of drug-likeness (QED) is 0.374. The summed E-state index contributed by atoms with van der Waals surface area (Å²) in [7, 11) is 0. The average molecular weight is 246 g/mol. The van der Waals surface area contributed by atoms with E-state index in [-0.39, 0.29) is 17.8 Å². The zero-order chi connectivity index (χ0) is 12.4. The van der Waals surface area contributed by atoms with Crippen molar-refractivity contribution in [3.8, 4) is 6.07 Å². The van der Waals surface area contributed by atoms with Crippen molar-refractivity contribution in [2.45, 2.75) is 63.9 Å².